The second-order valence-electron chi connectivity index (χ2n) is 8.95. The largest absolute Gasteiger partial charge is 0.636 e. The number of benzene rings is 2. The molecule has 8 nitrogen and oxygen atoms in total. The number of nitrogens with zero attached hydrogens (tertiary/aromatic N) is 1. The van der Waals surface area contributed by atoms with Crippen molar-refractivity contribution in [3.8, 4) is 11.5 Å². The van der Waals surface area contributed by atoms with Crippen LogP contribution < -0.4 is 14.9 Å². The quantitative estimate of drug-likeness (QED) is 0.621. The maximum Gasteiger partial charge on any atom is 0.636 e. The van der Waals surface area contributed by atoms with Crippen LogP contribution in [0.5, 0.6) is 11.5 Å². The highest BCUT2D eigenvalue weighted by Gasteiger charge is 2.34. The van der Waals surface area contributed by atoms with Gasteiger partial charge in [-0.25, -0.2) is 0 Å². The predicted octanol–water partition coefficient (Wildman–Crippen LogP) is 2.04. The number of carbonyl (C=O) groups is 2. The Morgan fingerprint density at radius 2 is 1.62 bits per heavy atom. The molecule has 0 radical (unpaired) electrons. The molecule has 178 valence electrons. The van der Waals surface area contributed by atoms with Gasteiger partial charge >= 0.3 is 19.1 Å². The van der Waals surface area contributed by atoms with Crippen molar-refractivity contribution in [2.45, 2.75) is 37.9 Å². The summed E-state index contributed by atoms with van der Waals surface area (Å²) in [5.41, 5.74) is 2.95. The normalized spacial score (nSPS) is 21.8. The lowest BCUT2D eigenvalue weighted by Crippen LogP contribution is -2.47. The third-order valence-corrected chi connectivity index (χ3v) is 6.34. The molecule has 2 heterocycles. The van der Waals surface area contributed by atoms with E-state index in [2.05, 4.69) is 6.07 Å². The van der Waals surface area contributed by atoms with E-state index in [1.165, 1.54) is 5.56 Å². The molecule has 2 saturated heterocycles. The Bertz CT molecular complexity index is 1020. The van der Waals surface area contributed by atoms with E-state index in [0.29, 0.717) is 11.2 Å². The van der Waals surface area contributed by atoms with Gasteiger partial charge in [0, 0.05) is 23.9 Å². The summed E-state index contributed by atoms with van der Waals surface area (Å²) in [5.74, 6) is 0.758. The van der Waals surface area contributed by atoms with Crippen molar-refractivity contribution in [2.24, 2.45) is 0 Å². The SMILES string of the molecule is CN1CC(=O)OB(c2ccc(OC3CCc4c(OC5CCOCC5)cccc43)cc2)OC(=O)C1. The lowest BCUT2D eigenvalue weighted by atomic mass is 9.78. The number of hydrogen-bond acceptors (Lipinski definition) is 8. The number of likely N-dealkylation sites (N-methyl/N-ethyl adjacent to an activating group) is 1. The highest BCUT2D eigenvalue weighted by Crippen LogP contribution is 2.40. The highest BCUT2D eigenvalue weighted by molar-refractivity contribution is 6.64. The molecule has 2 aromatic rings. The Kier molecular flexibility index (Phi) is 6.74. The zero-order chi connectivity index (χ0) is 23.5. The first-order valence-corrected chi connectivity index (χ1v) is 11.8. The number of carbonyl (C=O) groups excluding carboxylic acids is 2. The lowest BCUT2D eigenvalue weighted by molar-refractivity contribution is -0.145. The third-order valence-electron chi connectivity index (χ3n) is 6.34. The fraction of sp³-hybridized carbons (Fsp3) is 0.440. The average molecular weight is 465 g/mol. The summed E-state index contributed by atoms with van der Waals surface area (Å²) in [6, 6.07) is 13.3. The van der Waals surface area contributed by atoms with E-state index in [1.807, 2.05) is 24.3 Å². The molecule has 5 rings (SSSR count). The van der Waals surface area contributed by atoms with Crippen LogP contribution in [0.25, 0.3) is 0 Å². The van der Waals surface area contributed by atoms with Crippen molar-refractivity contribution in [3.63, 3.8) is 0 Å². The molecule has 0 N–H and O–H groups in total. The molecule has 1 unspecified atom stereocenters. The zero-order valence-corrected chi connectivity index (χ0v) is 19.2. The van der Waals surface area contributed by atoms with Crippen LogP contribution in [-0.2, 0) is 30.1 Å². The first kappa shape index (κ1) is 22.7. The van der Waals surface area contributed by atoms with E-state index < -0.39 is 19.1 Å². The van der Waals surface area contributed by atoms with Gasteiger partial charge in [-0.2, -0.15) is 0 Å². The summed E-state index contributed by atoms with van der Waals surface area (Å²) in [4.78, 5) is 25.6. The molecule has 0 amide bonds. The van der Waals surface area contributed by atoms with Gasteiger partial charge in [-0.1, -0.05) is 24.3 Å². The lowest BCUT2D eigenvalue weighted by Gasteiger charge is -2.24. The second-order valence-corrected chi connectivity index (χ2v) is 8.95. The predicted molar refractivity (Wildman–Crippen MR) is 124 cm³/mol. The molecule has 2 aromatic carbocycles. The fourth-order valence-electron chi connectivity index (χ4n) is 4.63. The second kappa shape index (κ2) is 10.1. The third kappa shape index (κ3) is 5.21. The Morgan fingerprint density at radius 1 is 0.912 bits per heavy atom. The van der Waals surface area contributed by atoms with Crippen LogP contribution in [0, 0.1) is 0 Å². The number of rotatable bonds is 5. The van der Waals surface area contributed by atoms with Crippen LogP contribution >= 0.6 is 0 Å². The maximum atomic E-state index is 12.0. The number of ether oxygens (including phenoxy) is 3. The standard InChI is InChI=1S/C25H28BNO7/c1-27-15-24(28)33-26(34-25(29)16-27)17-5-7-18(8-6-17)31-23-10-9-21-20(23)3-2-4-22(21)32-19-11-13-30-14-12-19/h2-8,19,23H,9-16H2,1H3. The monoisotopic (exact) mass is 465 g/mol. The van der Waals surface area contributed by atoms with Crippen LogP contribution in [0.15, 0.2) is 42.5 Å². The van der Waals surface area contributed by atoms with Crippen LogP contribution in [0.2, 0.25) is 0 Å². The first-order valence-electron chi connectivity index (χ1n) is 11.8. The van der Waals surface area contributed by atoms with Gasteiger partial charge in [0.15, 0.2) is 0 Å². The van der Waals surface area contributed by atoms with Crippen LogP contribution in [0.4, 0.5) is 0 Å². The molecule has 1 atom stereocenters. The molecule has 0 aromatic heterocycles. The maximum absolute atomic E-state index is 12.0. The van der Waals surface area contributed by atoms with E-state index in [9.17, 15) is 9.59 Å². The summed E-state index contributed by atoms with van der Waals surface area (Å²) in [6.07, 6.45) is 3.74. The Labute approximate surface area is 199 Å². The van der Waals surface area contributed by atoms with Gasteiger partial charge in [0.05, 0.1) is 26.3 Å². The van der Waals surface area contributed by atoms with Crippen molar-refractivity contribution in [3.05, 3.63) is 53.6 Å². The van der Waals surface area contributed by atoms with Gasteiger partial charge in [0.25, 0.3) is 0 Å². The Morgan fingerprint density at radius 3 is 2.32 bits per heavy atom. The Balaban J connectivity index is 1.25. The molecule has 9 heteroatoms. The van der Waals surface area contributed by atoms with Crippen LogP contribution in [-0.4, -0.2) is 63.4 Å². The molecule has 0 saturated carbocycles. The number of fused-ring (bicyclic) bond motifs is 1. The van der Waals surface area contributed by atoms with E-state index in [4.69, 9.17) is 23.5 Å². The summed E-state index contributed by atoms with van der Waals surface area (Å²) in [5, 5.41) is 0. The fourth-order valence-corrected chi connectivity index (χ4v) is 4.63. The number of hydrogen-bond donors (Lipinski definition) is 0. The summed E-state index contributed by atoms with van der Waals surface area (Å²) in [6.45, 7) is 1.57. The summed E-state index contributed by atoms with van der Waals surface area (Å²) in [7, 11) is 0.607. The topological polar surface area (TPSA) is 83.5 Å². The van der Waals surface area contributed by atoms with Gasteiger partial charge in [0.1, 0.15) is 23.7 Å². The highest BCUT2D eigenvalue weighted by atomic mass is 16.6. The molecule has 2 fully saturated rings. The van der Waals surface area contributed by atoms with Gasteiger partial charge in [-0.05, 0) is 43.7 Å². The van der Waals surface area contributed by atoms with Crippen molar-refractivity contribution in [1.82, 2.24) is 4.90 Å². The minimum absolute atomic E-state index is 0.0358. The van der Waals surface area contributed by atoms with E-state index >= 15 is 0 Å². The minimum atomic E-state index is -1.06. The smallest absolute Gasteiger partial charge is 0.494 e. The molecular formula is C25H28BNO7. The Hall–Kier alpha value is -3.04. The minimum Gasteiger partial charge on any atom is -0.494 e. The van der Waals surface area contributed by atoms with Crippen LogP contribution in [0.3, 0.4) is 0 Å². The van der Waals surface area contributed by atoms with E-state index in [-0.39, 0.29) is 25.3 Å². The van der Waals surface area contributed by atoms with E-state index in [1.54, 1.807) is 24.1 Å². The van der Waals surface area contributed by atoms with Gasteiger partial charge in [-0.3, -0.25) is 14.5 Å². The first-order chi connectivity index (χ1) is 16.5. The molecule has 3 aliphatic rings. The van der Waals surface area contributed by atoms with Gasteiger partial charge in [-0.15, -0.1) is 0 Å². The van der Waals surface area contributed by atoms with Crippen molar-refractivity contribution in [1.29, 1.82) is 0 Å². The molecule has 2 aliphatic heterocycles. The molecule has 34 heavy (non-hydrogen) atoms. The van der Waals surface area contributed by atoms with Crippen LogP contribution in [0.1, 0.15) is 36.5 Å². The molecule has 0 bridgehead atoms. The van der Waals surface area contributed by atoms with Crippen molar-refractivity contribution < 1.29 is 33.1 Å². The van der Waals surface area contributed by atoms with Crippen molar-refractivity contribution >= 4 is 24.5 Å². The van der Waals surface area contributed by atoms with E-state index in [0.717, 1.165) is 50.2 Å². The molecule has 1 aliphatic carbocycles. The van der Waals surface area contributed by atoms with Gasteiger partial charge < -0.3 is 23.5 Å². The summed E-state index contributed by atoms with van der Waals surface area (Å²) < 4.78 is 28.7. The van der Waals surface area contributed by atoms with Crippen molar-refractivity contribution in [2.75, 3.05) is 33.4 Å². The average Bonchev–Trinajstić information content (AvgIpc) is 3.22. The summed E-state index contributed by atoms with van der Waals surface area (Å²) >= 11 is 0. The van der Waals surface area contributed by atoms with Gasteiger partial charge in [0.2, 0.25) is 0 Å². The zero-order valence-electron chi connectivity index (χ0n) is 19.2. The molecular weight excluding hydrogens is 437 g/mol. The molecule has 0 spiro atoms.